The second-order valence-electron chi connectivity index (χ2n) is 4.82. The van der Waals surface area contributed by atoms with Gasteiger partial charge in [0.15, 0.2) is 0 Å². The van der Waals surface area contributed by atoms with Crippen LogP contribution in [0.1, 0.15) is 32.1 Å². The summed E-state index contributed by atoms with van der Waals surface area (Å²) in [4.78, 5) is 4.26. The lowest BCUT2D eigenvalue weighted by molar-refractivity contribution is 0.519. The number of aromatic nitrogens is 1. The number of pyridine rings is 1. The van der Waals surface area contributed by atoms with Crippen molar-refractivity contribution >= 4 is 17.4 Å². The summed E-state index contributed by atoms with van der Waals surface area (Å²) in [6.45, 7) is 0. The maximum atomic E-state index is 5.85. The third-order valence-electron chi connectivity index (χ3n) is 3.83. The van der Waals surface area contributed by atoms with Crippen LogP contribution in [0.2, 0.25) is 5.15 Å². The van der Waals surface area contributed by atoms with E-state index in [2.05, 4.69) is 10.3 Å². The summed E-state index contributed by atoms with van der Waals surface area (Å²) in [6.07, 6.45) is 6.92. The molecule has 2 aliphatic carbocycles. The van der Waals surface area contributed by atoms with Gasteiger partial charge in [0.2, 0.25) is 0 Å². The number of anilines is 1. The van der Waals surface area contributed by atoms with Crippen molar-refractivity contribution in [3.8, 4) is 0 Å². The van der Waals surface area contributed by atoms with E-state index in [-0.39, 0.29) is 0 Å². The van der Waals surface area contributed by atoms with Crippen LogP contribution in [0, 0.1) is 5.41 Å². The molecule has 3 heteroatoms. The zero-order valence-electron chi connectivity index (χ0n) is 8.67. The molecule has 15 heavy (non-hydrogen) atoms. The zero-order valence-corrected chi connectivity index (χ0v) is 9.43. The number of nitrogens with one attached hydrogen (secondary N) is 1. The minimum atomic E-state index is 0.570. The summed E-state index contributed by atoms with van der Waals surface area (Å²) < 4.78 is 0. The first kappa shape index (κ1) is 9.46. The van der Waals surface area contributed by atoms with E-state index < -0.39 is 0 Å². The van der Waals surface area contributed by atoms with Gasteiger partial charge >= 0.3 is 0 Å². The van der Waals surface area contributed by atoms with Gasteiger partial charge in [-0.1, -0.05) is 30.5 Å². The largest absolute Gasteiger partial charge is 0.367 e. The number of hydrogen-bond donors (Lipinski definition) is 1. The molecule has 80 valence electrons. The fourth-order valence-corrected chi connectivity index (χ4v) is 3.01. The van der Waals surface area contributed by atoms with Crippen LogP contribution >= 0.6 is 11.6 Å². The van der Waals surface area contributed by atoms with Crippen molar-refractivity contribution in [2.75, 3.05) is 5.32 Å². The molecule has 0 aliphatic heterocycles. The van der Waals surface area contributed by atoms with Crippen molar-refractivity contribution in [1.29, 1.82) is 0 Å². The van der Waals surface area contributed by atoms with E-state index in [9.17, 15) is 0 Å². The van der Waals surface area contributed by atoms with Crippen LogP contribution in [0.5, 0.6) is 0 Å². The third-order valence-corrected chi connectivity index (χ3v) is 4.04. The van der Waals surface area contributed by atoms with Crippen LogP contribution in [-0.2, 0) is 0 Å². The number of halogens is 1. The first-order chi connectivity index (χ1) is 7.28. The van der Waals surface area contributed by atoms with E-state index >= 15 is 0 Å². The predicted molar refractivity (Wildman–Crippen MR) is 62.2 cm³/mol. The maximum Gasteiger partial charge on any atom is 0.131 e. The Morgan fingerprint density at radius 1 is 1.33 bits per heavy atom. The van der Waals surface area contributed by atoms with Gasteiger partial charge in [-0.25, -0.2) is 4.98 Å². The minimum Gasteiger partial charge on any atom is -0.367 e. The van der Waals surface area contributed by atoms with Crippen molar-refractivity contribution in [2.24, 2.45) is 5.41 Å². The Kier molecular flexibility index (Phi) is 2.13. The average Bonchev–Trinajstić information content (AvgIpc) is 2.67. The molecule has 0 bridgehead atoms. The van der Waals surface area contributed by atoms with Gasteiger partial charge in [0, 0.05) is 6.04 Å². The molecule has 3 rings (SSSR count). The monoisotopic (exact) mass is 222 g/mol. The van der Waals surface area contributed by atoms with Crippen LogP contribution < -0.4 is 5.32 Å². The molecule has 0 saturated heterocycles. The van der Waals surface area contributed by atoms with E-state index in [0.29, 0.717) is 16.6 Å². The molecule has 0 radical (unpaired) electrons. The highest BCUT2D eigenvalue weighted by atomic mass is 35.5. The lowest BCUT2D eigenvalue weighted by Gasteiger charge is -2.10. The van der Waals surface area contributed by atoms with Crippen LogP contribution in [0.3, 0.4) is 0 Å². The fraction of sp³-hybridized carbons (Fsp3) is 0.583. The normalized spacial score (nSPS) is 26.9. The molecule has 1 heterocycles. The molecule has 1 spiro atoms. The lowest BCUT2D eigenvalue weighted by Crippen LogP contribution is -2.11. The molecule has 1 unspecified atom stereocenters. The first-order valence-electron chi connectivity index (χ1n) is 5.68. The molecule has 1 atom stereocenters. The summed E-state index contributed by atoms with van der Waals surface area (Å²) in [5, 5.41) is 4.06. The molecular weight excluding hydrogens is 208 g/mol. The van der Waals surface area contributed by atoms with Gasteiger partial charge < -0.3 is 5.32 Å². The lowest BCUT2D eigenvalue weighted by atomic mass is 10.1. The van der Waals surface area contributed by atoms with Gasteiger partial charge in [0.05, 0.1) is 0 Å². The third kappa shape index (κ3) is 1.71. The quantitative estimate of drug-likeness (QED) is 0.775. The average molecular weight is 223 g/mol. The van der Waals surface area contributed by atoms with Crippen LogP contribution in [0.15, 0.2) is 18.2 Å². The Morgan fingerprint density at radius 3 is 2.87 bits per heavy atom. The van der Waals surface area contributed by atoms with E-state index in [4.69, 9.17) is 11.6 Å². The maximum absolute atomic E-state index is 5.85. The standard InChI is InChI=1S/C12H15ClN2/c13-10-4-3-5-11(15-10)14-9-8-12(9)6-1-2-7-12/h3-5,9H,1-2,6-8H2,(H,14,15). The first-order valence-corrected chi connectivity index (χ1v) is 6.05. The molecule has 2 aliphatic rings. The summed E-state index contributed by atoms with van der Waals surface area (Å²) in [5.74, 6) is 0.927. The fourth-order valence-electron chi connectivity index (χ4n) is 2.85. The van der Waals surface area contributed by atoms with Gasteiger partial charge in [0.25, 0.3) is 0 Å². The molecule has 0 amide bonds. The SMILES string of the molecule is Clc1cccc(NC2CC23CCCC3)n1. The van der Waals surface area contributed by atoms with Crippen molar-refractivity contribution in [1.82, 2.24) is 4.98 Å². The topological polar surface area (TPSA) is 24.9 Å². The van der Waals surface area contributed by atoms with Crippen molar-refractivity contribution in [3.63, 3.8) is 0 Å². The van der Waals surface area contributed by atoms with Gasteiger partial charge in [-0.15, -0.1) is 0 Å². The highest BCUT2D eigenvalue weighted by Gasteiger charge is 2.55. The molecule has 1 aromatic heterocycles. The zero-order chi connectivity index (χ0) is 10.3. The smallest absolute Gasteiger partial charge is 0.131 e. The van der Waals surface area contributed by atoms with Crippen LogP contribution in [-0.4, -0.2) is 11.0 Å². The molecule has 2 saturated carbocycles. The Balaban J connectivity index is 1.67. The summed E-state index contributed by atoms with van der Waals surface area (Å²) >= 11 is 5.85. The van der Waals surface area contributed by atoms with Gasteiger partial charge in [0.1, 0.15) is 11.0 Å². The Labute approximate surface area is 95.0 Å². The van der Waals surface area contributed by atoms with Crippen molar-refractivity contribution in [2.45, 2.75) is 38.1 Å². The highest BCUT2D eigenvalue weighted by molar-refractivity contribution is 6.29. The number of nitrogens with zero attached hydrogens (tertiary/aromatic N) is 1. The Hall–Kier alpha value is -0.760. The van der Waals surface area contributed by atoms with E-state index in [1.807, 2.05) is 18.2 Å². The molecule has 2 fully saturated rings. The summed E-state index contributed by atoms with van der Waals surface area (Å²) in [5.41, 5.74) is 0.615. The van der Waals surface area contributed by atoms with Crippen LogP contribution in [0.4, 0.5) is 5.82 Å². The highest BCUT2D eigenvalue weighted by Crippen LogP contribution is 2.58. The van der Waals surface area contributed by atoms with Crippen molar-refractivity contribution in [3.05, 3.63) is 23.4 Å². The summed E-state index contributed by atoms with van der Waals surface area (Å²) in [7, 11) is 0. The second-order valence-corrected chi connectivity index (χ2v) is 5.20. The van der Waals surface area contributed by atoms with Crippen LogP contribution in [0.25, 0.3) is 0 Å². The van der Waals surface area contributed by atoms with Gasteiger partial charge in [-0.3, -0.25) is 0 Å². The van der Waals surface area contributed by atoms with E-state index in [1.165, 1.54) is 32.1 Å². The van der Waals surface area contributed by atoms with Gasteiger partial charge in [-0.05, 0) is 36.8 Å². The molecule has 2 nitrogen and oxygen atoms in total. The Bertz CT molecular complexity index is 372. The van der Waals surface area contributed by atoms with E-state index in [0.717, 1.165) is 5.82 Å². The van der Waals surface area contributed by atoms with E-state index in [1.54, 1.807) is 0 Å². The number of rotatable bonds is 2. The predicted octanol–water partition coefficient (Wildman–Crippen LogP) is 3.48. The van der Waals surface area contributed by atoms with Crippen molar-refractivity contribution < 1.29 is 0 Å². The molecular formula is C12H15ClN2. The van der Waals surface area contributed by atoms with Gasteiger partial charge in [-0.2, -0.15) is 0 Å². The Morgan fingerprint density at radius 2 is 2.13 bits per heavy atom. The molecule has 1 aromatic rings. The molecule has 0 aromatic carbocycles. The number of hydrogen-bond acceptors (Lipinski definition) is 2. The second kappa shape index (κ2) is 3.38. The minimum absolute atomic E-state index is 0.570. The molecule has 1 N–H and O–H groups in total. The summed E-state index contributed by atoms with van der Waals surface area (Å²) in [6, 6.07) is 6.39.